The Bertz CT molecular complexity index is 630. The van der Waals surface area contributed by atoms with Gasteiger partial charge in [0, 0.05) is 31.2 Å². The molecule has 0 radical (unpaired) electrons. The minimum atomic E-state index is -3.24. The maximum absolute atomic E-state index is 11.2. The quantitative estimate of drug-likeness (QED) is 0.798. The van der Waals surface area contributed by atoms with Gasteiger partial charge in [-0.05, 0) is 43.4 Å². The molecular formula is C16H23N3O2S. The fourth-order valence-corrected chi connectivity index (χ4v) is 3.19. The Morgan fingerprint density at radius 3 is 2.50 bits per heavy atom. The molecule has 0 spiro atoms. The van der Waals surface area contributed by atoms with Gasteiger partial charge in [0.25, 0.3) is 0 Å². The second kappa shape index (κ2) is 7.12. The standard InChI is InChI=1S/C16H23N3O2S/c1-13(15-6-7-15)19(11-3-10-17)12-14-4-8-16(9-5-14)18-22(2,20)21/h4-5,8-9,13,15,18H,3,6-7,11-12H2,1-2H3/t13-/m0/s1. The Kier molecular flexibility index (Phi) is 5.43. The predicted octanol–water partition coefficient (Wildman–Crippen LogP) is 2.57. The molecular weight excluding hydrogens is 298 g/mol. The summed E-state index contributed by atoms with van der Waals surface area (Å²) in [5.74, 6) is 0.755. The maximum atomic E-state index is 11.2. The van der Waals surface area contributed by atoms with E-state index in [4.69, 9.17) is 5.26 Å². The fraction of sp³-hybridized carbons (Fsp3) is 0.562. The van der Waals surface area contributed by atoms with E-state index in [1.165, 1.54) is 12.8 Å². The number of hydrogen-bond acceptors (Lipinski definition) is 4. The average molecular weight is 321 g/mol. The van der Waals surface area contributed by atoms with Gasteiger partial charge in [-0.3, -0.25) is 9.62 Å². The smallest absolute Gasteiger partial charge is 0.229 e. The molecule has 2 rings (SSSR count). The molecule has 1 aliphatic rings. The molecule has 1 saturated carbocycles. The van der Waals surface area contributed by atoms with Gasteiger partial charge < -0.3 is 0 Å². The van der Waals surface area contributed by atoms with Gasteiger partial charge in [0.2, 0.25) is 10.0 Å². The summed E-state index contributed by atoms with van der Waals surface area (Å²) in [6, 6.07) is 10.1. The third kappa shape index (κ3) is 5.32. The van der Waals surface area contributed by atoms with E-state index in [0.29, 0.717) is 18.2 Å². The Labute approximate surface area is 133 Å². The van der Waals surface area contributed by atoms with Gasteiger partial charge in [0.15, 0.2) is 0 Å². The van der Waals surface area contributed by atoms with Crippen LogP contribution in [-0.4, -0.2) is 32.2 Å². The first-order valence-corrected chi connectivity index (χ1v) is 9.46. The van der Waals surface area contributed by atoms with Crippen LogP contribution in [0.2, 0.25) is 0 Å². The van der Waals surface area contributed by atoms with Gasteiger partial charge in [-0.2, -0.15) is 5.26 Å². The zero-order chi connectivity index (χ0) is 16.2. The highest BCUT2D eigenvalue weighted by Gasteiger charge is 2.31. The van der Waals surface area contributed by atoms with Gasteiger partial charge in [-0.15, -0.1) is 0 Å². The summed E-state index contributed by atoms with van der Waals surface area (Å²) in [6.07, 6.45) is 4.23. The Hall–Kier alpha value is -1.58. The number of rotatable bonds is 8. The number of nitrogens with zero attached hydrogens (tertiary/aromatic N) is 2. The van der Waals surface area contributed by atoms with E-state index in [0.717, 1.165) is 30.8 Å². The molecule has 0 unspecified atom stereocenters. The van der Waals surface area contributed by atoms with Crippen LogP contribution in [0.3, 0.4) is 0 Å². The fourth-order valence-electron chi connectivity index (χ4n) is 2.62. The first-order chi connectivity index (χ1) is 10.4. The second-order valence-electron chi connectivity index (χ2n) is 6.03. The molecule has 1 aliphatic carbocycles. The van der Waals surface area contributed by atoms with Crippen molar-refractivity contribution >= 4 is 15.7 Å². The van der Waals surface area contributed by atoms with Crippen LogP contribution in [0.5, 0.6) is 0 Å². The van der Waals surface area contributed by atoms with E-state index >= 15 is 0 Å². The zero-order valence-electron chi connectivity index (χ0n) is 13.1. The van der Waals surface area contributed by atoms with Crippen LogP contribution in [0.1, 0.15) is 31.7 Å². The Morgan fingerprint density at radius 2 is 2.00 bits per heavy atom. The van der Waals surface area contributed by atoms with Crippen molar-refractivity contribution in [2.75, 3.05) is 17.5 Å². The van der Waals surface area contributed by atoms with E-state index in [-0.39, 0.29) is 0 Å². The highest BCUT2D eigenvalue weighted by atomic mass is 32.2. The first kappa shape index (κ1) is 16.8. The normalized spacial score (nSPS) is 16.3. The van der Waals surface area contributed by atoms with E-state index in [1.54, 1.807) is 12.1 Å². The van der Waals surface area contributed by atoms with Gasteiger partial charge in [0.1, 0.15) is 0 Å². The number of benzene rings is 1. The summed E-state index contributed by atoms with van der Waals surface area (Å²) in [6.45, 7) is 3.80. The molecule has 1 fully saturated rings. The molecule has 120 valence electrons. The van der Waals surface area contributed by atoms with Crippen molar-refractivity contribution < 1.29 is 8.42 Å². The minimum Gasteiger partial charge on any atom is -0.295 e. The van der Waals surface area contributed by atoms with Gasteiger partial charge in [-0.1, -0.05) is 12.1 Å². The number of sulfonamides is 1. The molecule has 1 aromatic rings. The van der Waals surface area contributed by atoms with Crippen molar-refractivity contribution in [3.63, 3.8) is 0 Å². The molecule has 1 N–H and O–H groups in total. The van der Waals surface area contributed by atoms with Crippen LogP contribution in [0.15, 0.2) is 24.3 Å². The summed E-state index contributed by atoms with van der Waals surface area (Å²) in [5.41, 5.74) is 1.70. The molecule has 0 heterocycles. The van der Waals surface area contributed by atoms with Crippen molar-refractivity contribution in [3.8, 4) is 6.07 Å². The zero-order valence-corrected chi connectivity index (χ0v) is 13.9. The molecule has 6 heteroatoms. The number of hydrogen-bond donors (Lipinski definition) is 1. The molecule has 0 bridgehead atoms. The molecule has 0 saturated heterocycles. The van der Waals surface area contributed by atoms with Crippen LogP contribution < -0.4 is 4.72 Å². The van der Waals surface area contributed by atoms with E-state index in [9.17, 15) is 8.42 Å². The first-order valence-electron chi connectivity index (χ1n) is 7.57. The molecule has 0 amide bonds. The minimum absolute atomic E-state index is 0.488. The van der Waals surface area contributed by atoms with Crippen LogP contribution in [0.25, 0.3) is 0 Å². The lowest BCUT2D eigenvalue weighted by molar-refractivity contribution is 0.185. The Balaban J connectivity index is 2.01. The van der Waals surface area contributed by atoms with Crippen molar-refractivity contribution in [3.05, 3.63) is 29.8 Å². The highest BCUT2D eigenvalue weighted by Crippen LogP contribution is 2.35. The van der Waals surface area contributed by atoms with Crippen molar-refractivity contribution in [1.82, 2.24) is 4.90 Å². The second-order valence-corrected chi connectivity index (χ2v) is 7.78. The number of nitrogens with one attached hydrogen (secondary N) is 1. The summed E-state index contributed by atoms with van der Waals surface area (Å²) in [4.78, 5) is 2.35. The summed E-state index contributed by atoms with van der Waals surface area (Å²) in [5, 5.41) is 8.82. The lowest BCUT2D eigenvalue weighted by Crippen LogP contribution is -2.34. The molecule has 1 aromatic carbocycles. The van der Waals surface area contributed by atoms with Crippen LogP contribution in [0, 0.1) is 17.2 Å². The molecule has 0 aliphatic heterocycles. The third-order valence-corrected chi connectivity index (χ3v) is 4.64. The molecule has 0 aromatic heterocycles. The number of nitriles is 1. The summed E-state index contributed by atoms with van der Waals surface area (Å²) < 4.78 is 24.9. The molecule has 1 atom stereocenters. The molecule has 22 heavy (non-hydrogen) atoms. The molecule has 5 nitrogen and oxygen atoms in total. The third-order valence-electron chi connectivity index (χ3n) is 4.03. The monoisotopic (exact) mass is 321 g/mol. The van der Waals surface area contributed by atoms with Crippen molar-refractivity contribution in [2.24, 2.45) is 5.92 Å². The topological polar surface area (TPSA) is 73.2 Å². The maximum Gasteiger partial charge on any atom is 0.229 e. The Morgan fingerprint density at radius 1 is 1.36 bits per heavy atom. The van der Waals surface area contributed by atoms with Crippen molar-refractivity contribution in [2.45, 2.75) is 38.8 Å². The van der Waals surface area contributed by atoms with Gasteiger partial charge in [-0.25, -0.2) is 8.42 Å². The van der Waals surface area contributed by atoms with Crippen LogP contribution in [0.4, 0.5) is 5.69 Å². The van der Waals surface area contributed by atoms with Crippen LogP contribution >= 0.6 is 0 Å². The van der Waals surface area contributed by atoms with E-state index in [2.05, 4.69) is 22.6 Å². The van der Waals surface area contributed by atoms with Crippen LogP contribution in [-0.2, 0) is 16.6 Å². The van der Waals surface area contributed by atoms with E-state index < -0.39 is 10.0 Å². The van der Waals surface area contributed by atoms with Gasteiger partial charge in [0.05, 0.1) is 12.3 Å². The lowest BCUT2D eigenvalue weighted by Gasteiger charge is -2.28. The predicted molar refractivity (Wildman–Crippen MR) is 87.7 cm³/mol. The van der Waals surface area contributed by atoms with Crippen molar-refractivity contribution in [1.29, 1.82) is 5.26 Å². The number of anilines is 1. The van der Waals surface area contributed by atoms with Gasteiger partial charge >= 0.3 is 0 Å². The lowest BCUT2D eigenvalue weighted by atomic mass is 10.1. The SMILES string of the molecule is C[C@@H](C1CC1)N(CCC#N)Cc1ccc(NS(C)(=O)=O)cc1. The summed E-state index contributed by atoms with van der Waals surface area (Å²) >= 11 is 0. The average Bonchev–Trinajstić information content (AvgIpc) is 3.27. The van der Waals surface area contributed by atoms with E-state index in [1.807, 2.05) is 12.1 Å². The largest absolute Gasteiger partial charge is 0.295 e. The highest BCUT2D eigenvalue weighted by molar-refractivity contribution is 7.92. The summed E-state index contributed by atoms with van der Waals surface area (Å²) in [7, 11) is -3.24.